The Hall–Kier alpha value is -2.70. The van der Waals surface area contributed by atoms with Crippen molar-refractivity contribution < 1.29 is 23.8 Å². The SMILES string of the molecule is CCOc1ccc(C2NC(=O)NC(CC)=C2C(=O)OC(C)C)cc1OCC. The number of rotatable bonds is 8. The molecule has 7 nitrogen and oxygen atoms in total. The van der Waals surface area contributed by atoms with Crippen LogP contribution in [0.5, 0.6) is 11.5 Å². The molecule has 1 aliphatic heterocycles. The van der Waals surface area contributed by atoms with Crippen molar-refractivity contribution in [2.24, 2.45) is 0 Å². The van der Waals surface area contributed by atoms with E-state index in [0.29, 0.717) is 42.4 Å². The topological polar surface area (TPSA) is 85.9 Å². The summed E-state index contributed by atoms with van der Waals surface area (Å²) in [4.78, 5) is 24.8. The highest BCUT2D eigenvalue weighted by atomic mass is 16.5. The van der Waals surface area contributed by atoms with E-state index in [1.807, 2.05) is 26.8 Å². The number of hydrogen-bond acceptors (Lipinski definition) is 5. The maximum Gasteiger partial charge on any atom is 0.338 e. The van der Waals surface area contributed by atoms with Crippen molar-refractivity contribution in [2.75, 3.05) is 13.2 Å². The number of esters is 1. The lowest BCUT2D eigenvalue weighted by Gasteiger charge is -2.30. The third-order valence-electron chi connectivity index (χ3n) is 3.97. The molecule has 0 aromatic heterocycles. The van der Waals surface area contributed by atoms with Crippen LogP contribution in [0.4, 0.5) is 4.79 Å². The second-order valence-corrected chi connectivity index (χ2v) is 6.30. The summed E-state index contributed by atoms with van der Waals surface area (Å²) in [6.45, 7) is 10.2. The van der Waals surface area contributed by atoms with Gasteiger partial charge >= 0.3 is 12.0 Å². The Morgan fingerprint density at radius 1 is 1.11 bits per heavy atom. The van der Waals surface area contributed by atoms with Crippen LogP contribution in [-0.4, -0.2) is 31.3 Å². The summed E-state index contributed by atoms with van der Waals surface area (Å²) in [6, 6.07) is 4.41. The van der Waals surface area contributed by atoms with E-state index in [1.54, 1.807) is 26.0 Å². The van der Waals surface area contributed by atoms with Gasteiger partial charge in [-0.3, -0.25) is 0 Å². The smallest absolute Gasteiger partial charge is 0.338 e. The Labute approximate surface area is 160 Å². The van der Waals surface area contributed by atoms with Crippen molar-refractivity contribution in [1.82, 2.24) is 10.6 Å². The van der Waals surface area contributed by atoms with Crippen LogP contribution in [0.3, 0.4) is 0 Å². The van der Waals surface area contributed by atoms with Gasteiger partial charge in [-0.2, -0.15) is 0 Å². The molecule has 0 aliphatic carbocycles. The van der Waals surface area contributed by atoms with Crippen LogP contribution in [0.15, 0.2) is 29.5 Å². The number of carbonyl (C=O) groups excluding carboxylic acids is 2. The van der Waals surface area contributed by atoms with Gasteiger partial charge in [-0.05, 0) is 51.8 Å². The van der Waals surface area contributed by atoms with E-state index in [4.69, 9.17) is 14.2 Å². The lowest BCUT2D eigenvalue weighted by molar-refractivity contribution is -0.143. The first-order chi connectivity index (χ1) is 12.9. The first-order valence-electron chi connectivity index (χ1n) is 9.32. The van der Waals surface area contributed by atoms with Gasteiger partial charge < -0.3 is 24.8 Å². The van der Waals surface area contributed by atoms with Gasteiger partial charge in [-0.1, -0.05) is 13.0 Å². The molecular formula is C20H28N2O5. The van der Waals surface area contributed by atoms with Crippen molar-refractivity contribution in [2.45, 2.75) is 53.2 Å². The highest BCUT2D eigenvalue weighted by molar-refractivity contribution is 5.95. The average Bonchev–Trinajstić information content (AvgIpc) is 2.62. The quantitative estimate of drug-likeness (QED) is 0.679. The molecule has 148 valence electrons. The molecule has 2 amide bonds. The fraction of sp³-hybridized carbons (Fsp3) is 0.500. The molecule has 0 fully saturated rings. The van der Waals surface area contributed by atoms with Gasteiger partial charge in [0.25, 0.3) is 0 Å². The fourth-order valence-electron chi connectivity index (χ4n) is 2.91. The Bertz CT molecular complexity index is 727. The fourth-order valence-corrected chi connectivity index (χ4v) is 2.91. The molecule has 0 radical (unpaired) electrons. The minimum Gasteiger partial charge on any atom is -0.490 e. The monoisotopic (exact) mass is 376 g/mol. The Balaban J connectivity index is 2.50. The number of carbonyl (C=O) groups is 2. The minimum absolute atomic E-state index is 0.263. The van der Waals surface area contributed by atoms with Crippen LogP contribution >= 0.6 is 0 Å². The number of allylic oxidation sites excluding steroid dienone is 1. The normalized spacial score (nSPS) is 16.7. The second-order valence-electron chi connectivity index (χ2n) is 6.30. The van der Waals surface area contributed by atoms with E-state index in [0.717, 1.165) is 5.56 Å². The van der Waals surface area contributed by atoms with Crippen LogP contribution < -0.4 is 20.1 Å². The summed E-state index contributed by atoms with van der Waals surface area (Å²) < 4.78 is 16.7. The Kier molecular flexibility index (Phi) is 7.10. The van der Waals surface area contributed by atoms with Crippen molar-refractivity contribution >= 4 is 12.0 Å². The number of nitrogens with one attached hydrogen (secondary N) is 2. The predicted octanol–water partition coefficient (Wildman–Crippen LogP) is 3.45. The van der Waals surface area contributed by atoms with Gasteiger partial charge in [0, 0.05) is 5.70 Å². The third-order valence-corrected chi connectivity index (χ3v) is 3.97. The van der Waals surface area contributed by atoms with Crippen molar-refractivity contribution in [3.05, 3.63) is 35.0 Å². The van der Waals surface area contributed by atoms with Gasteiger partial charge in [0.15, 0.2) is 11.5 Å². The summed E-state index contributed by atoms with van der Waals surface area (Å²) >= 11 is 0. The molecule has 1 heterocycles. The standard InChI is InChI=1S/C20H28N2O5/c1-6-14-17(19(23)27-12(4)5)18(22-20(24)21-14)13-9-10-15(25-7-2)16(11-13)26-8-3/h9-12,18H,6-8H2,1-5H3,(H2,21,22,24). The van der Waals surface area contributed by atoms with E-state index in [1.165, 1.54) is 0 Å². The van der Waals surface area contributed by atoms with E-state index in [-0.39, 0.29) is 12.1 Å². The molecule has 0 spiro atoms. The molecular weight excluding hydrogens is 348 g/mol. The Morgan fingerprint density at radius 2 is 1.78 bits per heavy atom. The Morgan fingerprint density at radius 3 is 2.37 bits per heavy atom. The molecule has 2 N–H and O–H groups in total. The average molecular weight is 376 g/mol. The predicted molar refractivity (Wildman–Crippen MR) is 102 cm³/mol. The molecule has 1 aliphatic rings. The summed E-state index contributed by atoms with van der Waals surface area (Å²) in [5.74, 6) is 0.736. The minimum atomic E-state index is -0.630. The number of urea groups is 1. The van der Waals surface area contributed by atoms with E-state index in [9.17, 15) is 9.59 Å². The number of amides is 2. The number of hydrogen-bond donors (Lipinski definition) is 2. The largest absolute Gasteiger partial charge is 0.490 e. The van der Waals surface area contributed by atoms with Crippen LogP contribution in [0.1, 0.15) is 52.6 Å². The molecule has 0 saturated heterocycles. The number of benzene rings is 1. The highest BCUT2D eigenvalue weighted by Crippen LogP contribution is 2.35. The zero-order valence-corrected chi connectivity index (χ0v) is 16.5. The van der Waals surface area contributed by atoms with Gasteiger partial charge in [-0.25, -0.2) is 9.59 Å². The zero-order valence-electron chi connectivity index (χ0n) is 16.5. The second kappa shape index (κ2) is 9.30. The summed E-state index contributed by atoms with van der Waals surface area (Å²) in [6.07, 6.45) is 0.239. The van der Waals surface area contributed by atoms with Crippen LogP contribution in [0.25, 0.3) is 0 Å². The number of ether oxygens (including phenoxy) is 3. The van der Waals surface area contributed by atoms with Crippen molar-refractivity contribution in [3.8, 4) is 11.5 Å². The molecule has 0 bridgehead atoms. The molecule has 0 saturated carbocycles. The summed E-state index contributed by atoms with van der Waals surface area (Å²) in [7, 11) is 0. The van der Waals surface area contributed by atoms with Crippen LogP contribution in [0.2, 0.25) is 0 Å². The highest BCUT2D eigenvalue weighted by Gasteiger charge is 2.34. The van der Waals surface area contributed by atoms with Gasteiger partial charge in [0.05, 0.1) is 30.9 Å². The van der Waals surface area contributed by atoms with Gasteiger partial charge in [-0.15, -0.1) is 0 Å². The lowest BCUT2D eigenvalue weighted by atomic mass is 9.94. The molecule has 2 rings (SSSR count). The van der Waals surface area contributed by atoms with E-state index < -0.39 is 12.0 Å². The van der Waals surface area contributed by atoms with E-state index in [2.05, 4.69) is 10.6 Å². The first kappa shape index (κ1) is 20.6. The molecule has 7 heteroatoms. The third kappa shape index (κ3) is 4.93. The summed E-state index contributed by atoms with van der Waals surface area (Å²) in [5.41, 5.74) is 1.68. The molecule has 27 heavy (non-hydrogen) atoms. The van der Waals surface area contributed by atoms with Crippen molar-refractivity contribution in [3.63, 3.8) is 0 Å². The van der Waals surface area contributed by atoms with Gasteiger partial charge in [0.1, 0.15) is 0 Å². The molecule has 1 aromatic carbocycles. The van der Waals surface area contributed by atoms with E-state index >= 15 is 0 Å². The summed E-state index contributed by atoms with van der Waals surface area (Å²) in [5, 5.41) is 5.53. The maximum absolute atomic E-state index is 12.7. The lowest BCUT2D eigenvalue weighted by Crippen LogP contribution is -2.46. The van der Waals surface area contributed by atoms with Crippen molar-refractivity contribution in [1.29, 1.82) is 0 Å². The maximum atomic E-state index is 12.7. The van der Waals surface area contributed by atoms with Gasteiger partial charge in [0.2, 0.25) is 0 Å². The van der Waals surface area contributed by atoms with Crippen LogP contribution in [-0.2, 0) is 9.53 Å². The zero-order chi connectivity index (χ0) is 20.0. The molecule has 1 aromatic rings. The molecule has 1 atom stereocenters. The first-order valence-corrected chi connectivity index (χ1v) is 9.32. The van der Waals surface area contributed by atoms with Crippen LogP contribution in [0, 0.1) is 0 Å². The molecule has 1 unspecified atom stereocenters.